The number of anilines is 1. The number of H-pyrrole nitrogens is 1. The fraction of sp³-hybridized carbons (Fsp3) is 0.333. The average Bonchev–Trinajstić information content (AvgIpc) is 3.07. The lowest BCUT2D eigenvalue weighted by atomic mass is 10.4. The van der Waals surface area contributed by atoms with E-state index in [1.165, 1.54) is 11.6 Å². The monoisotopic (exact) mass is 289 g/mol. The molecule has 3 rings (SSSR count). The third-order valence-corrected chi connectivity index (χ3v) is 3.30. The van der Waals surface area contributed by atoms with Gasteiger partial charge in [0.1, 0.15) is 0 Å². The highest BCUT2D eigenvalue weighted by Crippen LogP contribution is 2.09. The van der Waals surface area contributed by atoms with Crippen LogP contribution in [0, 0.1) is 0 Å². The van der Waals surface area contributed by atoms with E-state index in [1.54, 1.807) is 11.7 Å². The summed E-state index contributed by atoms with van der Waals surface area (Å²) in [7, 11) is 4.85. The SMILES string of the molecule is Cn1ccc(CNc2nc3c([nH]2)c(=O)n(C)c(=O)n3C)n1. The number of aromatic nitrogens is 6. The lowest BCUT2D eigenvalue weighted by Gasteiger charge is -2.00. The standard InChI is InChI=1S/C12H15N7O2/c1-17-5-4-7(16-17)6-13-11-14-8-9(15-11)18(2)12(21)19(3)10(8)20/h4-5H,6H2,1-3H3,(H2,13,14,15). The zero-order chi connectivity index (χ0) is 15.1. The van der Waals surface area contributed by atoms with E-state index in [0.29, 0.717) is 23.7 Å². The van der Waals surface area contributed by atoms with Crippen LogP contribution in [0.25, 0.3) is 11.2 Å². The van der Waals surface area contributed by atoms with Gasteiger partial charge in [0.25, 0.3) is 5.56 Å². The van der Waals surface area contributed by atoms with Crippen molar-refractivity contribution in [1.82, 2.24) is 28.9 Å². The van der Waals surface area contributed by atoms with Crippen molar-refractivity contribution in [1.29, 1.82) is 0 Å². The predicted octanol–water partition coefficient (Wildman–Crippen LogP) is -0.694. The molecule has 0 aromatic carbocycles. The van der Waals surface area contributed by atoms with Crippen LogP contribution in [-0.4, -0.2) is 28.9 Å². The van der Waals surface area contributed by atoms with Crippen molar-refractivity contribution < 1.29 is 0 Å². The van der Waals surface area contributed by atoms with Gasteiger partial charge in [0, 0.05) is 27.3 Å². The van der Waals surface area contributed by atoms with Crippen molar-refractivity contribution in [2.75, 3.05) is 5.32 Å². The summed E-state index contributed by atoms with van der Waals surface area (Å²) in [6, 6.07) is 1.88. The van der Waals surface area contributed by atoms with Gasteiger partial charge in [0.2, 0.25) is 5.95 Å². The molecule has 0 atom stereocenters. The van der Waals surface area contributed by atoms with Crippen molar-refractivity contribution in [3.05, 3.63) is 38.8 Å². The second-order valence-electron chi connectivity index (χ2n) is 4.82. The number of aryl methyl sites for hydroxylation is 2. The first-order valence-electron chi connectivity index (χ1n) is 6.35. The number of imidazole rings is 1. The van der Waals surface area contributed by atoms with Gasteiger partial charge in [-0.15, -0.1) is 0 Å². The van der Waals surface area contributed by atoms with Crippen LogP contribution in [0.3, 0.4) is 0 Å². The van der Waals surface area contributed by atoms with Gasteiger partial charge in [0.15, 0.2) is 11.2 Å². The molecule has 3 aromatic heterocycles. The first kappa shape index (κ1) is 13.2. The molecule has 9 heteroatoms. The molecular formula is C12H15N7O2. The molecule has 0 aliphatic heterocycles. The van der Waals surface area contributed by atoms with Gasteiger partial charge in [-0.05, 0) is 6.07 Å². The highest BCUT2D eigenvalue weighted by molar-refractivity contribution is 5.72. The van der Waals surface area contributed by atoms with E-state index >= 15 is 0 Å². The molecule has 0 amide bonds. The van der Waals surface area contributed by atoms with Gasteiger partial charge in [-0.25, -0.2) is 4.79 Å². The van der Waals surface area contributed by atoms with Crippen molar-refractivity contribution in [2.45, 2.75) is 6.54 Å². The number of nitrogens with zero attached hydrogens (tertiary/aromatic N) is 5. The van der Waals surface area contributed by atoms with Gasteiger partial charge < -0.3 is 10.3 Å². The molecule has 0 radical (unpaired) electrons. The summed E-state index contributed by atoms with van der Waals surface area (Å²) in [5.74, 6) is 0.425. The van der Waals surface area contributed by atoms with Crippen LogP contribution < -0.4 is 16.6 Å². The molecule has 3 aromatic rings. The quantitative estimate of drug-likeness (QED) is 0.664. The maximum Gasteiger partial charge on any atom is 0.332 e. The van der Waals surface area contributed by atoms with E-state index in [0.717, 1.165) is 10.3 Å². The molecule has 3 heterocycles. The van der Waals surface area contributed by atoms with E-state index in [4.69, 9.17) is 0 Å². The van der Waals surface area contributed by atoms with E-state index in [1.807, 2.05) is 19.3 Å². The number of hydrogen-bond acceptors (Lipinski definition) is 5. The number of rotatable bonds is 3. The second kappa shape index (κ2) is 4.62. The Labute approximate surface area is 118 Å². The summed E-state index contributed by atoms with van der Waals surface area (Å²) >= 11 is 0. The van der Waals surface area contributed by atoms with Gasteiger partial charge >= 0.3 is 5.69 Å². The zero-order valence-corrected chi connectivity index (χ0v) is 11.9. The van der Waals surface area contributed by atoms with Crippen LogP contribution in [0.1, 0.15) is 5.69 Å². The third-order valence-electron chi connectivity index (χ3n) is 3.30. The Morgan fingerprint density at radius 3 is 2.67 bits per heavy atom. The van der Waals surface area contributed by atoms with Crippen LogP contribution in [0.2, 0.25) is 0 Å². The molecule has 0 spiro atoms. The molecule has 0 unspecified atom stereocenters. The highest BCUT2D eigenvalue weighted by Gasteiger charge is 2.13. The normalized spacial score (nSPS) is 11.2. The smallest absolute Gasteiger partial charge is 0.332 e. The lowest BCUT2D eigenvalue weighted by molar-refractivity contribution is 0.709. The van der Waals surface area contributed by atoms with Crippen molar-refractivity contribution >= 4 is 17.1 Å². The fourth-order valence-electron chi connectivity index (χ4n) is 2.14. The van der Waals surface area contributed by atoms with E-state index in [9.17, 15) is 9.59 Å². The van der Waals surface area contributed by atoms with Crippen LogP contribution in [-0.2, 0) is 27.7 Å². The third kappa shape index (κ3) is 2.12. The lowest BCUT2D eigenvalue weighted by Crippen LogP contribution is -2.36. The summed E-state index contributed by atoms with van der Waals surface area (Å²) in [5, 5.41) is 7.29. The van der Waals surface area contributed by atoms with Crippen LogP contribution >= 0.6 is 0 Å². The summed E-state index contributed by atoms with van der Waals surface area (Å²) in [5.41, 5.74) is 0.663. The minimum atomic E-state index is -0.407. The number of aromatic amines is 1. The molecular weight excluding hydrogens is 274 g/mol. The first-order valence-corrected chi connectivity index (χ1v) is 6.35. The summed E-state index contributed by atoms with van der Waals surface area (Å²) in [6.45, 7) is 0.467. The largest absolute Gasteiger partial charge is 0.350 e. The minimum absolute atomic E-state index is 0.295. The van der Waals surface area contributed by atoms with Gasteiger partial charge in [-0.3, -0.25) is 18.6 Å². The first-order chi connectivity index (χ1) is 9.97. The molecule has 9 nitrogen and oxygen atoms in total. The maximum atomic E-state index is 12.0. The van der Waals surface area contributed by atoms with Gasteiger partial charge in [0.05, 0.1) is 12.2 Å². The summed E-state index contributed by atoms with van der Waals surface area (Å²) in [6.07, 6.45) is 1.84. The molecule has 0 saturated carbocycles. The van der Waals surface area contributed by atoms with Crippen LogP contribution in [0.5, 0.6) is 0 Å². The highest BCUT2D eigenvalue weighted by atomic mass is 16.2. The maximum absolute atomic E-state index is 12.0. The van der Waals surface area contributed by atoms with E-state index in [-0.39, 0.29) is 0 Å². The van der Waals surface area contributed by atoms with Crippen molar-refractivity contribution in [3.8, 4) is 0 Å². The fourth-order valence-corrected chi connectivity index (χ4v) is 2.14. The second-order valence-corrected chi connectivity index (χ2v) is 4.82. The summed E-state index contributed by atoms with van der Waals surface area (Å²) < 4.78 is 4.08. The summed E-state index contributed by atoms with van der Waals surface area (Å²) in [4.78, 5) is 31.0. The molecule has 0 bridgehead atoms. The Morgan fingerprint density at radius 1 is 1.24 bits per heavy atom. The zero-order valence-electron chi connectivity index (χ0n) is 11.9. The number of nitrogens with one attached hydrogen (secondary N) is 2. The van der Waals surface area contributed by atoms with Gasteiger partial charge in [-0.1, -0.05) is 0 Å². The Bertz CT molecular complexity index is 927. The van der Waals surface area contributed by atoms with E-state index in [2.05, 4.69) is 20.4 Å². The molecule has 0 aliphatic rings. The minimum Gasteiger partial charge on any atom is -0.350 e. The predicted molar refractivity (Wildman–Crippen MR) is 77.1 cm³/mol. The Morgan fingerprint density at radius 2 is 2.00 bits per heavy atom. The molecule has 110 valence electrons. The molecule has 0 saturated heterocycles. The van der Waals surface area contributed by atoms with Crippen LogP contribution in [0.4, 0.5) is 5.95 Å². The molecule has 0 aliphatic carbocycles. The molecule has 2 N–H and O–H groups in total. The Kier molecular flexibility index (Phi) is 2.89. The van der Waals surface area contributed by atoms with Crippen molar-refractivity contribution in [2.24, 2.45) is 21.1 Å². The average molecular weight is 289 g/mol. The Hall–Kier alpha value is -2.84. The number of fused-ring (bicyclic) bond motifs is 1. The number of hydrogen-bond donors (Lipinski definition) is 2. The van der Waals surface area contributed by atoms with Crippen molar-refractivity contribution in [3.63, 3.8) is 0 Å². The Balaban J connectivity index is 1.98. The molecule has 21 heavy (non-hydrogen) atoms. The van der Waals surface area contributed by atoms with E-state index < -0.39 is 11.2 Å². The van der Waals surface area contributed by atoms with Crippen LogP contribution in [0.15, 0.2) is 21.9 Å². The van der Waals surface area contributed by atoms with Gasteiger partial charge in [-0.2, -0.15) is 10.1 Å². The molecule has 0 fully saturated rings. The topological polar surface area (TPSA) is 103 Å².